The maximum Gasteiger partial charge on any atom is 0.460 e. The highest BCUT2D eigenvalue weighted by Crippen LogP contribution is 2.64. The molecule has 5 nitrogen and oxygen atoms in total. The van der Waals surface area contributed by atoms with Gasteiger partial charge in [0.1, 0.15) is 12.6 Å². The molecule has 0 heterocycles. The van der Waals surface area contributed by atoms with Crippen molar-refractivity contribution in [2.24, 2.45) is 0 Å². The summed E-state index contributed by atoms with van der Waals surface area (Å²) in [6.07, 6.45) is -13.3. The molecule has 2 aromatic carbocycles. The Morgan fingerprint density at radius 1 is 0.592 bits per heavy atom. The third-order valence-corrected chi connectivity index (χ3v) is 6.78. The Morgan fingerprint density at radius 3 is 1.47 bits per heavy atom. The number of aryl methyl sites for hydroxylation is 1. The minimum absolute atomic E-state index is 0.0101. The van der Waals surface area contributed by atoms with Gasteiger partial charge in [-0.15, -0.1) is 0 Å². The first-order chi connectivity index (χ1) is 22.0. The van der Waals surface area contributed by atoms with Crippen LogP contribution in [0.2, 0.25) is 0 Å². The monoisotopic (exact) mass is 745 g/mol. The lowest BCUT2D eigenvalue weighted by atomic mass is 9.87. The Bertz CT molecular complexity index is 1450. The van der Waals surface area contributed by atoms with Crippen molar-refractivity contribution >= 4 is 12.1 Å². The molecule has 0 fully saturated rings. The first-order valence-corrected chi connectivity index (χ1v) is 13.0. The highest BCUT2D eigenvalue weighted by Gasteiger charge is 2.95. The summed E-state index contributed by atoms with van der Waals surface area (Å²) in [6.45, 7) is -0.633. The molecule has 0 aromatic heterocycles. The molecule has 2 rings (SSSR count). The highest BCUT2D eigenvalue weighted by molar-refractivity contribution is 5.80. The van der Waals surface area contributed by atoms with Crippen LogP contribution in [0.15, 0.2) is 54.6 Å². The van der Waals surface area contributed by atoms with E-state index in [2.05, 4.69) is 0 Å². The largest absolute Gasteiger partial charge is 0.480 e. The second-order valence-electron chi connectivity index (χ2n) is 10.3. The third kappa shape index (κ3) is 7.76. The number of ether oxygens (including phenoxy) is 1. The Hall–Kier alpha value is -4.01. The molecule has 0 aliphatic heterocycles. The summed E-state index contributed by atoms with van der Waals surface area (Å²) in [5.41, 5.74) is 0.0433. The number of alkyl carbamates (subject to hydrolysis) is 1. The minimum Gasteiger partial charge on any atom is -0.480 e. The summed E-state index contributed by atoms with van der Waals surface area (Å²) in [7, 11) is 0. The molecule has 0 radical (unpaired) electrons. The van der Waals surface area contributed by atoms with Gasteiger partial charge in [0.2, 0.25) is 0 Å². The average Bonchev–Trinajstić information content (AvgIpc) is 2.98. The van der Waals surface area contributed by atoms with E-state index in [0.29, 0.717) is 5.56 Å². The zero-order valence-corrected chi connectivity index (χ0v) is 23.7. The topological polar surface area (TPSA) is 75.6 Å². The summed E-state index contributed by atoms with van der Waals surface area (Å²) in [5.74, 6) is -58.2. The quantitative estimate of drug-likeness (QED) is 0.179. The maximum atomic E-state index is 14.2. The van der Waals surface area contributed by atoms with Gasteiger partial charge >= 0.3 is 59.7 Å². The number of carbonyl (C=O) groups is 2. The van der Waals surface area contributed by atoms with Crippen LogP contribution in [0, 0.1) is 0 Å². The summed E-state index contributed by atoms with van der Waals surface area (Å²) < 4.78 is 233. The lowest BCUT2D eigenvalue weighted by Gasteiger charge is -2.42. The number of carboxylic acid groups (broad SMARTS) is 1. The van der Waals surface area contributed by atoms with Gasteiger partial charge < -0.3 is 15.2 Å². The minimum atomic E-state index is -8.69. The first-order valence-electron chi connectivity index (χ1n) is 13.0. The van der Waals surface area contributed by atoms with E-state index < -0.39 is 90.8 Å². The molecule has 22 heteroatoms. The number of hydrogen-bond acceptors (Lipinski definition) is 3. The van der Waals surface area contributed by atoms with Crippen LogP contribution in [0.1, 0.15) is 23.1 Å². The van der Waals surface area contributed by atoms with Crippen molar-refractivity contribution in [3.63, 3.8) is 0 Å². The molecule has 276 valence electrons. The van der Waals surface area contributed by atoms with Crippen molar-refractivity contribution in [1.29, 1.82) is 0 Å². The molecule has 0 saturated carbocycles. The van der Waals surface area contributed by atoms with Gasteiger partial charge in [-0.05, 0) is 23.1 Å². The smallest absolute Gasteiger partial charge is 0.460 e. The zero-order valence-electron chi connectivity index (χ0n) is 23.7. The zero-order chi connectivity index (χ0) is 38.1. The number of hydrogen-bond donors (Lipinski definition) is 2. The summed E-state index contributed by atoms with van der Waals surface area (Å²) >= 11 is 0. The normalized spacial score (nSPS) is 14.7. The van der Waals surface area contributed by atoms with Gasteiger partial charge in [0, 0.05) is 12.8 Å². The van der Waals surface area contributed by atoms with Crippen LogP contribution in [-0.2, 0) is 29.0 Å². The van der Waals surface area contributed by atoms with Gasteiger partial charge in [-0.2, -0.15) is 74.6 Å². The highest BCUT2D eigenvalue weighted by atomic mass is 19.4. The number of nitrogens with one attached hydrogen (secondary N) is 1. The molecule has 1 amide bonds. The number of amides is 1. The van der Waals surface area contributed by atoms with Crippen LogP contribution >= 0.6 is 0 Å². The summed E-state index contributed by atoms with van der Waals surface area (Å²) in [5, 5.41) is 11.3. The summed E-state index contributed by atoms with van der Waals surface area (Å²) in [6, 6.07) is 10.00. The number of alkyl halides is 17. The van der Waals surface area contributed by atoms with Crippen LogP contribution in [0.3, 0.4) is 0 Å². The Morgan fingerprint density at radius 2 is 1.02 bits per heavy atom. The van der Waals surface area contributed by atoms with Gasteiger partial charge in [0.15, 0.2) is 0 Å². The molecule has 0 aliphatic rings. The number of carboxylic acids is 1. The van der Waals surface area contributed by atoms with E-state index in [1.165, 1.54) is 0 Å². The van der Waals surface area contributed by atoms with Crippen LogP contribution < -0.4 is 5.32 Å². The van der Waals surface area contributed by atoms with Crippen molar-refractivity contribution < 1.29 is 94.1 Å². The van der Waals surface area contributed by atoms with Gasteiger partial charge in [-0.3, -0.25) is 0 Å². The molecule has 0 bridgehead atoms. The molecular weight excluding hydrogens is 725 g/mol. The molecule has 2 aromatic rings. The van der Waals surface area contributed by atoms with Crippen molar-refractivity contribution in [1.82, 2.24) is 5.32 Å². The van der Waals surface area contributed by atoms with Crippen molar-refractivity contribution in [2.75, 3.05) is 0 Å². The average molecular weight is 745 g/mol. The van der Waals surface area contributed by atoms with Gasteiger partial charge in [0.05, 0.1) is 0 Å². The molecule has 0 saturated heterocycles. The molecular formula is C27H20F17NO4. The molecule has 0 spiro atoms. The Kier molecular flexibility index (Phi) is 11.5. The van der Waals surface area contributed by atoms with Crippen molar-refractivity contribution in [2.45, 2.75) is 79.5 Å². The van der Waals surface area contributed by atoms with Crippen molar-refractivity contribution in [3.05, 3.63) is 71.3 Å². The molecule has 0 unspecified atom stereocenters. The number of carbonyl (C=O) groups excluding carboxylic acids is 1. The number of benzene rings is 2. The van der Waals surface area contributed by atoms with Crippen LogP contribution in [0.5, 0.6) is 0 Å². The van der Waals surface area contributed by atoms with Crippen molar-refractivity contribution in [3.8, 4) is 0 Å². The standard InChI is InChI=1S/C27H20F17NO4/c28-20(29,21(30,31)22(32,33)23(34,35)24(36,37)25(38,39)26(40,41)27(42,43)44)11-10-14-6-8-16(9-7-14)13-49-19(48)45-17(18(46)47)12-15-4-2-1-3-5-15/h1-9,17H,10-13H2,(H,45,48)(H,46,47)/t17-/m0/s1. The van der Waals surface area contributed by atoms with Gasteiger partial charge in [-0.25, -0.2) is 9.59 Å². The van der Waals surface area contributed by atoms with E-state index in [0.717, 1.165) is 24.3 Å². The first kappa shape index (κ1) is 41.2. The van der Waals surface area contributed by atoms with E-state index in [9.17, 15) is 89.3 Å². The summed E-state index contributed by atoms with van der Waals surface area (Å²) in [4.78, 5) is 23.4. The van der Waals surface area contributed by atoms with E-state index in [4.69, 9.17) is 4.74 Å². The molecule has 0 aliphatic carbocycles. The number of aliphatic carboxylic acids is 1. The van der Waals surface area contributed by atoms with Gasteiger partial charge in [0.25, 0.3) is 0 Å². The Balaban J connectivity index is 2.13. The van der Waals surface area contributed by atoms with Crippen LogP contribution in [0.4, 0.5) is 79.4 Å². The Labute approximate surface area is 263 Å². The van der Waals surface area contributed by atoms with Crippen LogP contribution in [-0.4, -0.2) is 70.8 Å². The van der Waals surface area contributed by atoms with E-state index >= 15 is 0 Å². The third-order valence-electron chi connectivity index (χ3n) is 6.78. The SMILES string of the molecule is O=C(N[C@@H](Cc1ccccc1)C(=O)O)OCc1ccc(CCC(F)(F)C(F)(F)C(F)(F)C(F)(F)C(F)(F)C(F)(F)C(F)(F)C(F)(F)F)cc1. The fraction of sp³-hybridized carbons (Fsp3) is 0.481. The lowest BCUT2D eigenvalue weighted by molar-refractivity contribution is -0.461. The molecule has 1 atom stereocenters. The van der Waals surface area contributed by atoms with E-state index in [1.807, 2.05) is 5.32 Å². The van der Waals surface area contributed by atoms with Gasteiger partial charge in [-0.1, -0.05) is 54.6 Å². The predicted molar refractivity (Wildman–Crippen MR) is 130 cm³/mol. The predicted octanol–water partition coefficient (Wildman–Crippen LogP) is 8.55. The van der Waals surface area contributed by atoms with E-state index in [-0.39, 0.29) is 12.0 Å². The molecule has 49 heavy (non-hydrogen) atoms. The second-order valence-corrected chi connectivity index (χ2v) is 10.3. The number of rotatable bonds is 15. The van der Waals surface area contributed by atoms with E-state index in [1.54, 1.807) is 30.3 Å². The fourth-order valence-corrected chi connectivity index (χ4v) is 3.84. The lowest BCUT2D eigenvalue weighted by Crippen LogP contribution is -2.74. The molecule has 2 N–H and O–H groups in total. The van der Waals surface area contributed by atoms with Crippen LogP contribution in [0.25, 0.3) is 0 Å². The maximum absolute atomic E-state index is 14.2. The second kappa shape index (κ2) is 13.7. The fourth-order valence-electron chi connectivity index (χ4n) is 3.84. The number of halogens is 17.